The van der Waals surface area contributed by atoms with Gasteiger partial charge in [-0.15, -0.1) is 0 Å². The zero-order valence-corrected chi connectivity index (χ0v) is 20.9. The van der Waals surface area contributed by atoms with E-state index in [1.165, 1.54) is 26.8 Å². The fourth-order valence-electron chi connectivity index (χ4n) is 4.45. The first kappa shape index (κ1) is 22.7. The maximum Gasteiger partial charge on any atom is 0.0167 e. The van der Waals surface area contributed by atoms with Crippen LogP contribution in [0.3, 0.4) is 0 Å². The van der Waals surface area contributed by atoms with Crippen molar-refractivity contribution in [2.45, 2.75) is 5.66 Å². The van der Waals surface area contributed by atoms with Gasteiger partial charge in [0.2, 0.25) is 0 Å². The Bertz CT molecular complexity index is 1180. The summed E-state index contributed by atoms with van der Waals surface area (Å²) < 4.78 is 0. The largest absolute Gasteiger partial charge is 0.0622 e. The Labute approximate surface area is 205 Å². The van der Waals surface area contributed by atoms with E-state index in [9.17, 15) is 0 Å². The van der Waals surface area contributed by atoms with E-state index < -0.39 is 15.8 Å². The number of benzene rings is 5. The molecular weight excluding hydrogens is 446 g/mol. The molecule has 0 bridgehead atoms. The summed E-state index contributed by atoms with van der Waals surface area (Å²) in [4.78, 5) is 0. The van der Waals surface area contributed by atoms with Gasteiger partial charge < -0.3 is 0 Å². The van der Waals surface area contributed by atoms with Crippen molar-refractivity contribution < 1.29 is 0 Å². The minimum atomic E-state index is -0.588. The SMILES string of the molecule is c1ccc(C(CP(c2ccccc2)c2ccccc2)P(c2ccccc2)c2ccccc2)cc1. The van der Waals surface area contributed by atoms with E-state index in [-0.39, 0.29) is 0 Å². The van der Waals surface area contributed by atoms with Gasteiger partial charge in [0.1, 0.15) is 0 Å². The molecule has 5 aromatic carbocycles. The standard InChI is InChI=1S/C32H28P2/c1-6-16-27(17-7-1)32(34(30-22-12-4-13-23-30)31-24-14-5-15-25-31)26-33(28-18-8-2-9-19-28)29-20-10-3-11-21-29/h1-25,32H,26H2. The van der Waals surface area contributed by atoms with E-state index in [1.807, 2.05) is 0 Å². The van der Waals surface area contributed by atoms with Gasteiger partial charge in [-0.2, -0.15) is 0 Å². The Kier molecular flexibility index (Phi) is 7.62. The molecule has 0 aromatic heterocycles. The van der Waals surface area contributed by atoms with E-state index >= 15 is 0 Å². The molecule has 0 heterocycles. The van der Waals surface area contributed by atoms with Crippen molar-refractivity contribution in [3.05, 3.63) is 157 Å². The van der Waals surface area contributed by atoms with Gasteiger partial charge in [0.15, 0.2) is 0 Å². The summed E-state index contributed by atoms with van der Waals surface area (Å²) in [5.74, 6) is 0. The Morgan fingerprint density at radius 2 is 0.706 bits per heavy atom. The van der Waals surface area contributed by atoms with Crippen LogP contribution in [0.5, 0.6) is 0 Å². The summed E-state index contributed by atoms with van der Waals surface area (Å²) in [6.45, 7) is 0. The maximum atomic E-state index is 2.33. The lowest BCUT2D eigenvalue weighted by molar-refractivity contribution is 1.10. The summed E-state index contributed by atoms with van der Waals surface area (Å²) in [5, 5.41) is 5.77. The van der Waals surface area contributed by atoms with Crippen molar-refractivity contribution in [3.8, 4) is 0 Å². The Morgan fingerprint density at radius 3 is 1.09 bits per heavy atom. The van der Waals surface area contributed by atoms with Crippen LogP contribution in [0.2, 0.25) is 0 Å². The van der Waals surface area contributed by atoms with Crippen LogP contribution >= 0.6 is 15.8 Å². The molecule has 0 nitrogen and oxygen atoms in total. The predicted octanol–water partition coefficient (Wildman–Crippen LogP) is 6.99. The van der Waals surface area contributed by atoms with Gasteiger partial charge in [0, 0.05) is 5.66 Å². The first-order valence-electron chi connectivity index (χ1n) is 11.7. The Balaban J connectivity index is 1.66. The van der Waals surface area contributed by atoms with E-state index in [0.717, 1.165) is 6.16 Å². The molecule has 5 aromatic rings. The molecule has 0 aliphatic rings. The van der Waals surface area contributed by atoms with Gasteiger partial charge in [-0.3, -0.25) is 0 Å². The minimum absolute atomic E-state index is 0.410. The molecule has 0 spiro atoms. The lowest BCUT2D eigenvalue weighted by Gasteiger charge is -2.33. The fraction of sp³-hybridized carbons (Fsp3) is 0.0625. The van der Waals surface area contributed by atoms with Crippen LogP contribution < -0.4 is 21.2 Å². The quantitative estimate of drug-likeness (QED) is 0.213. The van der Waals surface area contributed by atoms with Crippen molar-refractivity contribution in [3.63, 3.8) is 0 Å². The molecule has 0 fully saturated rings. The summed E-state index contributed by atoms with van der Waals surface area (Å²) in [6.07, 6.45) is 1.11. The molecule has 2 heteroatoms. The molecule has 1 unspecified atom stereocenters. The van der Waals surface area contributed by atoms with Crippen LogP contribution in [0, 0.1) is 0 Å². The molecule has 166 valence electrons. The zero-order chi connectivity index (χ0) is 23.0. The van der Waals surface area contributed by atoms with Crippen molar-refractivity contribution in [2.75, 3.05) is 6.16 Å². The second-order valence-electron chi connectivity index (χ2n) is 8.25. The summed E-state index contributed by atoms with van der Waals surface area (Å²) in [5.41, 5.74) is 1.84. The molecule has 0 aliphatic carbocycles. The third-order valence-electron chi connectivity index (χ3n) is 6.06. The summed E-state index contributed by atoms with van der Waals surface area (Å²) >= 11 is 0. The van der Waals surface area contributed by atoms with Crippen LogP contribution in [0.15, 0.2) is 152 Å². The van der Waals surface area contributed by atoms with E-state index in [2.05, 4.69) is 152 Å². The van der Waals surface area contributed by atoms with Gasteiger partial charge in [-0.25, -0.2) is 0 Å². The van der Waals surface area contributed by atoms with E-state index in [1.54, 1.807) is 0 Å². The summed E-state index contributed by atoms with van der Waals surface area (Å²) in [6, 6.07) is 55.7. The predicted molar refractivity (Wildman–Crippen MR) is 152 cm³/mol. The molecule has 34 heavy (non-hydrogen) atoms. The van der Waals surface area contributed by atoms with Crippen molar-refractivity contribution in [2.24, 2.45) is 0 Å². The second-order valence-corrected chi connectivity index (χ2v) is 12.9. The highest BCUT2D eigenvalue weighted by Gasteiger charge is 2.30. The molecule has 0 saturated heterocycles. The summed E-state index contributed by atoms with van der Waals surface area (Å²) in [7, 11) is -1.10. The molecule has 0 N–H and O–H groups in total. The highest BCUT2D eigenvalue weighted by atomic mass is 31.1. The third-order valence-corrected chi connectivity index (χ3v) is 11.7. The monoisotopic (exact) mass is 474 g/mol. The first-order valence-corrected chi connectivity index (χ1v) is 14.7. The zero-order valence-electron chi connectivity index (χ0n) is 19.1. The van der Waals surface area contributed by atoms with Gasteiger partial charge in [-0.1, -0.05) is 152 Å². The Hall–Kier alpha value is -3.04. The van der Waals surface area contributed by atoms with Crippen LogP contribution in [-0.2, 0) is 0 Å². The third kappa shape index (κ3) is 5.37. The van der Waals surface area contributed by atoms with Crippen molar-refractivity contribution >= 4 is 37.1 Å². The van der Waals surface area contributed by atoms with Gasteiger partial charge >= 0.3 is 0 Å². The lowest BCUT2D eigenvalue weighted by atomic mass is 10.2. The second kappa shape index (κ2) is 11.4. The van der Waals surface area contributed by atoms with Crippen LogP contribution in [0.4, 0.5) is 0 Å². The lowest BCUT2D eigenvalue weighted by Crippen LogP contribution is -2.23. The minimum Gasteiger partial charge on any atom is -0.0622 e. The van der Waals surface area contributed by atoms with Crippen molar-refractivity contribution in [1.29, 1.82) is 0 Å². The molecule has 0 aliphatic heterocycles. The average molecular weight is 475 g/mol. The molecule has 0 radical (unpaired) electrons. The topological polar surface area (TPSA) is 0 Å². The van der Waals surface area contributed by atoms with E-state index in [0.29, 0.717) is 5.66 Å². The van der Waals surface area contributed by atoms with Crippen LogP contribution in [0.1, 0.15) is 11.2 Å². The maximum absolute atomic E-state index is 2.33. The van der Waals surface area contributed by atoms with Crippen LogP contribution in [-0.4, -0.2) is 6.16 Å². The van der Waals surface area contributed by atoms with Crippen LogP contribution in [0.25, 0.3) is 0 Å². The molecule has 0 amide bonds. The molecule has 1 atom stereocenters. The number of hydrogen-bond donors (Lipinski definition) is 0. The molecular formula is C32H28P2. The van der Waals surface area contributed by atoms with E-state index in [4.69, 9.17) is 0 Å². The molecule has 0 saturated carbocycles. The van der Waals surface area contributed by atoms with Gasteiger partial charge in [-0.05, 0) is 48.8 Å². The highest BCUT2D eigenvalue weighted by Crippen LogP contribution is 2.54. The number of rotatable bonds is 8. The van der Waals surface area contributed by atoms with Crippen molar-refractivity contribution in [1.82, 2.24) is 0 Å². The van der Waals surface area contributed by atoms with Gasteiger partial charge in [0.05, 0.1) is 0 Å². The Morgan fingerprint density at radius 1 is 0.382 bits per heavy atom. The fourth-order valence-corrected chi connectivity index (χ4v) is 10.4. The average Bonchev–Trinajstić information content (AvgIpc) is 2.93. The highest BCUT2D eigenvalue weighted by molar-refractivity contribution is 7.76. The first-order chi connectivity index (χ1) is 16.9. The van der Waals surface area contributed by atoms with Gasteiger partial charge in [0.25, 0.3) is 0 Å². The molecule has 5 rings (SSSR count). The smallest absolute Gasteiger partial charge is 0.0167 e. The number of hydrogen-bond acceptors (Lipinski definition) is 0. The normalized spacial score (nSPS) is 12.1.